The van der Waals surface area contributed by atoms with Crippen LogP contribution in [0.25, 0.3) is 0 Å². The molecule has 2 rings (SSSR count). The molecule has 4 N–H and O–H groups in total. The molecule has 0 aliphatic heterocycles. The predicted molar refractivity (Wildman–Crippen MR) is 89.5 cm³/mol. The lowest BCUT2D eigenvalue weighted by atomic mass is 10.0. The van der Waals surface area contributed by atoms with Crippen molar-refractivity contribution >= 4 is 11.7 Å². The van der Waals surface area contributed by atoms with Gasteiger partial charge in [-0.3, -0.25) is 0 Å². The normalized spacial score (nSPS) is 9.87. The molecule has 0 saturated carbocycles. The van der Waals surface area contributed by atoms with E-state index in [2.05, 4.69) is 16.6 Å². The summed E-state index contributed by atoms with van der Waals surface area (Å²) >= 11 is 0. The number of aryl methyl sites for hydroxylation is 2. The van der Waals surface area contributed by atoms with Crippen LogP contribution < -0.4 is 10.6 Å². The van der Waals surface area contributed by atoms with Gasteiger partial charge in [-0.05, 0) is 30.0 Å². The maximum Gasteiger partial charge on any atom is 0.320 e. The first-order valence-electron chi connectivity index (χ1n) is 7.17. The number of rotatable bonds is 5. The minimum atomic E-state index is -0.509. The Morgan fingerprint density at radius 1 is 1.13 bits per heavy atom. The molecule has 0 saturated heterocycles. The van der Waals surface area contributed by atoms with Crippen molar-refractivity contribution in [2.75, 3.05) is 11.9 Å². The predicted octanol–water partition coefficient (Wildman–Crippen LogP) is 2.64. The molecular formula is C18H18N2O3. The molecule has 0 radical (unpaired) electrons. The van der Waals surface area contributed by atoms with Gasteiger partial charge in [0.2, 0.25) is 0 Å². The van der Waals surface area contributed by atoms with Crippen molar-refractivity contribution in [2.45, 2.75) is 12.8 Å². The van der Waals surface area contributed by atoms with E-state index < -0.39 is 6.03 Å². The highest BCUT2D eigenvalue weighted by Gasteiger charge is 2.13. The van der Waals surface area contributed by atoms with Gasteiger partial charge in [0.15, 0.2) is 0 Å². The zero-order chi connectivity index (χ0) is 16.7. The molecule has 0 bridgehead atoms. The van der Waals surface area contributed by atoms with Gasteiger partial charge in [0, 0.05) is 6.07 Å². The first-order valence-corrected chi connectivity index (χ1v) is 7.17. The summed E-state index contributed by atoms with van der Waals surface area (Å²) in [6.45, 7) is 0.0873. The minimum Gasteiger partial charge on any atom is -0.508 e. The molecule has 0 atom stereocenters. The van der Waals surface area contributed by atoms with E-state index in [0.29, 0.717) is 18.4 Å². The monoisotopic (exact) mass is 310 g/mol. The second-order valence-electron chi connectivity index (χ2n) is 5.00. The number of terminal acetylenes is 1. The van der Waals surface area contributed by atoms with Crippen LogP contribution in [-0.2, 0) is 12.8 Å². The van der Waals surface area contributed by atoms with Gasteiger partial charge >= 0.3 is 6.03 Å². The maximum absolute atomic E-state index is 11.7. The smallest absolute Gasteiger partial charge is 0.320 e. The van der Waals surface area contributed by atoms with Crippen LogP contribution in [-0.4, -0.2) is 22.8 Å². The number of carbonyl (C=O) groups excluding carboxylic acids is 1. The summed E-state index contributed by atoms with van der Waals surface area (Å²) in [4.78, 5) is 11.7. The number of amides is 2. The van der Waals surface area contributed by atoms with Crippen LogP contribution in [0.1, 0.15) is 11.1 Å². The highest BCUT2D eigenvalue weighted by Crippen LogP contribution is 2.33. The topological polar surface area (TPSA) is 81.6 Å². The molecule has 0 aromatic heterocycles. The number of aromatic hydroxyl groups is 2. The molecule has 23 heavy (non-hydrogen) atoms. The first kappa shape index (κ1) is 16.2. The first-order chi connectivity index (χ1) is 11.1. The van der Waals surface area contributed by atoms with E-state index in [1.54, 1.807) is 0 Å². The Kier molecular flexibility index (Phi) is 5.48. The Hall–Kier alpha value is -3.13. The van der Waals surface area contributed by atoms with Crippen LogP contribution in [0.4, 0.5) is 10.5 Å². The summed E-state index contributed by atoms with van der Waals surface area (Å²) < 4.78 is 0. The zero-order valence-corrected chi connectivity index (χ0v) is 12.5. The van der Waals surface area contributed by atoms with Crippen molar-refractivity contribution < 1.29 is 15.0 Å². The van der Waals surface area contributed by atoms with E-state index in [1.807, 2.05) is 30.3 Å². The number of phenols is 2. The highest BCUT2D eigenvalue weighted by atomic mass is 16.3. The SMILES string of the molecule is C#CCNC(=O)Nc1c(O)cc(O)cc1CCc1ccccc1. The lowest BCUT2D eigenvalue weighted by molar-refractivity contribution is 0.253. The van der Waals surface area contributed by atoms with Crippen molar-refractivity contribution in [1.29, 1.82) is 0 Å². The summed E-state index contributed by atoms with van der Waals surface area (Å²) in [7, 11) is 0. The Balaban J connectivity index is 2.17. The number of nitrogens with one attached hydrogen (secondary N) is 2. The van der Waals surface area contributed by atoms with Crippen molar-refractivity contribution in [2.24, 2.45) is 0 Å². The molecule has 0 aliphatic carbocycles. The van der Waals surface area contributed by atoms with E-state index >= 15 is 0 Å². The van der Waals surface area contributed by atoms with Gasteiger partial charge in [0.05, 0.1) is 12.2 Å². The Labute approximate surface area is 135 Å². The van der Waals surface area contributed by atoms with Crippen molar-refractivity contribution in [1.82, 2.24) is 5.32 Å². The molecule has 2 aromatic carbocycles. The molecule has 0 fully saturated rings. The van der Waals surface area contributed by atoms with E-state index in [4.69, 9.17) is 6.42 Å². The van der Waals surface area contributed by atoms with Gasteiger partial charge in [-0.1, -0.05) is 36.3 Å². The third-order valence-electron chi connectivity index (χ3n) is 3.30. The molecule has 0 spiro atoms. The largest absolute Gasteiger partial charge is 0.508 e. The molecule has 2 amide bonds. The highest BCUT2D eigenvalue weighted by molar-refractivity contribution is 5.92. The van der Waals surface area contributed by atoms with Crippen LogP contribution >= 0.6 is 0 Å². The van der Waals surface area contributed by atoms with Gasteiger partial charge < -0.3 is 20.8 Å². The molecule has 5 nitrogen and oxygen atoms in total. The van der Waals surface area contributed by atoms with Gasteiger partial charge in [0.1, 0.15) is 11.5 Å². The van der Waals surface area contributed by atoms with Gasteiger partial charge in [-0.15, -0.1) is 6.42 Å². The quantitative estimate of drug-likeness (QED) is 0.389. The van der Waals surface area contributed by atoms with Crippen LogP contribution in [0.15, 0.2) is 42.5 Å². The third-order valence-corrected chi connectivity index (χ3v) is 3.30. The number of hydrogen-bond acceptors (Lipinski definition) is 3. The van der Waals surface area contributed by atoms with Crippen LogP contribution in [0.2, 0.25) is 0 Å². The molecule has 5 heteroatoms. The fourth-order valence-corrected chi connectivity index (χ4v) is 2.22. The summed E-state index contributed by atoms with van der Waals surface area (Å²) in [5.74, 6) is 2.05. The number of hydrogen-bond donors (Lipinski definition) is 4. The van der Waals surface area contributed by atoms with Crippen molar-refractivity contribution in [3.05, 3.63) is 53.6 Å². The van der Waals surface area contributed by atoms with Crippen LogP contribution in [0.5, 0.6) is 11.5 Å². The number of benzene rings is 2. The molecule has 118 valence electrons. The summed E-state index contributed by atoms with van der Waals surface area (Å²) in [6.07, 6.45) is 6.35. The second-order valence-corrected chi connectivity index (χ2v) is 5.00. The number of urea groups is 1. The number of anilines is 1. The van der Waals surface area contributed by atoms with E-state index in [9.17, 15) is 15.0 Å². The van der Waals surface area contributed by atoms with Gasteiger partial charge in [0.25, 0.3) is 0 Å². The summed E-state index contributed by atoms with van der Waals surface area (Å²) in [5.41, 5.74) is 2.04. The molecular weight excluding hydrogens is 292 g/mol. The number of carbonyl (C=O) groups is 1. The van der Waals surface area contributed by atoms with E-state index in [-0.39, 0.29) is 23.7 Å². The third kappa shape index (κ3) is 4.68. The maximum atomic E-state index is 11.7. The lowest BCUT2D eigenvalue weighted by Gasteiger charge is -2.14. The van der Waals surface area contributed by atoms with Crippen LogP contribution in [0.3, 0.4) is 0 Å². The van der Waals surface area contributed by atoms with Gasteiger partial charge in [-0.25, -0.2) is 4.79 Å². The van der Waals surface area contributed by atoms with E-state index in [0.717, 1.165) is 5.56 Å². The summed E-state index contributed by atoms with van der Waals surface area (Å²) in [6, 6.07) is 12.0. The average Bonchev–Trinajstić information content (AvgIpc) is 2.54. The zero-order valence-electron chi connectivity index (χ0n) is 12.5. The fraction of sp³-hybridized carbons (Fsp3) is 0.167. The second kappa shape index (κ2) is 7.76. The van der Waals surface area contributed by atoms with Gasteiger partial charge in [-0.2, -0.15) is 0 Å². The Bertz CT molecular complexity index is 721. The molecule has 0 unspecified atom stereocenters. The summed E-state index contributed by atoms with van der Waals surface area (Å²) in [5, 5.41) is 24.7. The van der Waals surface area contributed by atoms with Crippen molar-refractivity contribution in [3.63, 3.8) is 0 Å². The average molecular weight is 310 g/mol. The Morgan fingerprint density at radius 3 is 2.57 bits per heavy atom. The standard InChI is InChI=1S/C18H18N2O3/c1-2-10-19-18(23)20-17-14(11-15(21)12-16(17)22)9-8-13-6-4-3-5-7-13/h1,3-7,11-12,21-22H,8-10H2,(H2,19,20,23). The van der Waals surface area contributed by atoms with E-state index in [1.165, 1.54) is 12.1 Å². The Morgan fingerprint density at radius 2 is 1.87 bits per heavy atom. The minimum absolute atomic E-state index is 0.0554. The molecule has 2 aromatic rings. The fourth-order valence-electron chi connectivity index (χ4n) is 2.22. The molecule has 0 heterocycles. The van der Waals surface area contributed by atoms with Crippen LogP contribution in [0, 0.1) is 12.3 Å². The number of phenolic OH excluding ortho intramolecular Hbond substituents is 2. The molecule has 0 aliphatic rings. The van der Waals surface area contributed by atoms with Crippen molar-refractivity contribution in [3.8, 4) is 23.8 Å². The lowest BCUT2D eigenvalue weighted by Crippen LogP contribution is -2.29.